The van der Waals surface area contributed by atoms with E-state index in [2.05, 4.69) is 0 Å². The SMILES string of the molecule is CN(C)CCN1C(=O)C(=O)/C(=C(/O)c2ccc3ccccc3c2O)C1c1cccc([N+](=O)[O-])c1. The molecular formula is C25H23N3O6. The van der Waals surface area contributed by atoms with E-state index in [-0.39, 0.29) is 29.1 Å². The van der Waals surface area contributed by atoms with Crippen LogP contribution in [0.25, 0.3) is 16.5 Å². The molecule has 1 fully saturated rings. The highest BCUT2D eigenvalue weighted by Crippen LogP contribution is 2.42. The van der Waals surface area contributed by atoms with Gasteiger partial charge in [0, 0.05) is 30.6 Å². The van der Waals surface area contributed by atoms with E-state index in [1.165, 1.54) is 29.2 Å². The van der Waals surface area contributed by atoms with E-state index in [4.69, 9.17) is 0 Å². The average molecular weight is 461 g/mol. The largest absolute Gasteiger partial charge is 0.507 e. The molecule has 2 N–H and O–H groups in total. The number of carbonyl (C=O) groups excluding carboxylic acids is 2. The minimum atomic E-state index is -1.05. The number of aliphatic hydroxyl groups excluding tert-OH is 1. The van der Waals surface area contributed by atoms with Crippen LogP contribution in [-0.2, 0) is 9.59 Å². The van der Waals surface area contributed by atoms with Crippen molar-refractivity contribution in [2.24, 2.45) is 0 Å². The van der Waals surface area contributed by atoms with Crippen molar-refractivity contribution >= 4 is 33.9 Å². The van der Waals surface area contributed by atoms with Gasteiger partial charge in [0.2, 0.25) is 0 Å². The van der Waals surface area contributed by atoms with Crippen molar-refractivity contribution in [2.75, 3.05) is 27.2 Å². The van der Waals surface area contributed by atoms with Crippen molar-refractivity contribution in [3.8, 4) is 5.75 Å². The Balaban J connectivity index is 1.93. The van der Waals surface area contributed by atoms with E-state index < -0.39 is 28.4 Å². The van der Waals surface area contributed by atoms with Gasteiger partial charge >= 0.3 is 0 Å². The van der Waals surface area contributed by atoms with Crippen LogP contribution in [0.5, 0.6) is 5.75 Å². The van der Waals surface area contributed by atoms with Crippen molar-refractivity contribution in [1.82, 2.24) is 9.80 Å². The quantitative estimate of drug-likeness (QED) is 0.189. The number of likely N-dealkylation sites (tertiary alicyclic amines) is 1. The number of fused-ring (bicyclic) bond motifs is 1. The van der Waals surface area contributed by atoms with E-state index >= 15 is 0 Å². The van der Waals surface area contributed by atoms with Crippen LogP contribution in [0, 0.1) is 10.1 Å². The molecule has 0 aliphatic carbocycles. The van der Waals surface area contributed by atoms with Gasteiger partial charge in [-0.1, -0.05) is 42.5 Å². The Morgan fingerprint density at radius 2 is 1.82 bits per heavy atom. The minimum Gasteiger partial charge on any atom is -0.507 e. The molecule has 0 spiro atoms. The number of phenolic OH excluding ortho intramolecular Hbond substituents is 1. The van der Waals surface area contributed by atoms with Crippen LogP contribution < -0.4 is 0 Å². The van der Waals surface area contributed by atoms with E-state index in [1.807, 2.05) is 19.0 Å². The molecule has 1 aliphatic rings. The molecule has 34 heavy (non-hydrogen) atoms. The first kappa shape index (κ1) is 22.9. The minimum absolute atomic E-state index is 0.000240. The summed E-state index contributed by atoms with van der Waals surface area (Å²) >= 11 is 0. The number of hydrogen-bond acceptors (Lipinski definition) is 7. The number of aliphatic hydroxyl groups is 1. The molecule has 174 valence electrons. The second kappa shape index (κ2) is 8.95. The Morgan fingerprint density at radius 1 is 1.09 bits per heavy atom. The van der Waals surface area contributed by atoms with Gasteiger partial charge in [-0.2, -0.15) is 0 Å². The number of ketones is 1. The zero-order valence-corrected chi connectivity index (χ0v) is 18.6. The molecule has 4 rings (SSSR count). The van der Waals surface area contributed by atoms with E-state index in [1.54, 1.807) is 36.4 Å². The molecule has 9 nitrogen and oxygen atoms in total. The van der Waals surface area contributed by atoms with Gasteiger partial charge in [0.1, 0.15) is 11.5 Å². The molecule has 1 aliphatic heterocycles. The van der Waals surface area contributed by atoms with Crippen molar-refractivity contribution in [1.29, 1.82) is 0 Å². The Bertz CT molecular complexity index is 1350. The summed E-state index contributed by atoms with van der Waals surface area (Å²) in [5.74, 6) is -2.50. The van der Waals surface area contributed by atoms with Gasteiger partial charge in [-0.25, -0.2) is 0 Å². The van der Waals surface area contributed by atoms with Gasteiger partial charge in [0.15, 0.2) is 0 Å². The van der Waals surface area contributed by atoms with Gasteiger partial charge in [0.05, 0.1) is 22.1 Å². The Hall–Kier alpha value is -4.24. The number of non-ortho nitro benzene ring substituents is 1. The van der Waals surface area contributed by atoms with E-state index in [0.29, 0.717) is 17.5 Å². The number of likely N-dealkylation sites (N-methyl/N-ethyl adjacent to an activating group) is 1. The summed E-state index contributed by atoms with van der Waals surface area (Å²) in [4.78, 5) is 40.0. The fraction of sp³-hybridized carbons (Fsp3) is 0.200. The van der Waals surface area contributed by atoms with Crippen molar-refractivity contribution < 1.29 is 24.7 Å². The number of Topliss-reactive ketones (excluding diaryl/α,β-unsaturated/α-hetero) is 1. The number of hydrogen-bond donors (Lipinski definition) is 2. The fourth-order valence-corrected chi connectivity index (χ4v) is 4.16. The molecule has 0 saturated carbocycles. The lowest BCUT2D eigenvalue weighted by molar-refractivity contribution is -0.384. The van der Waals surface area contributed by atoms with Crippen LogP contribution in [0.4, 0.5) is 5.69 Å². The Labute approximate surface area is 195 Å². The maximum Gasteiger partial charge on any atom is 0.295 e. The summed E-state index contributed by atoms with van der Waals surface area (Å²) in [7, 11) is 3.62. The standard InChI is InChI=1S/C25H23N3O6/c1-26(2)12-13-27-21(16-7-5-8-17(14-16)28(33)34)20(24(31)25(27)32)23(30)19-11-10-15-6-3-4-9-18(15)22(19)29/h3-11,14,21,29-30H,12-13H2,1-2H3/b23-20+. The maximum atomic E-state index is 13.1. The summed E-state index contributed by atoms with van der Waals surface area (Å²) in [5, 5.41) is 34.6. The van der Waals surface area contributed by atoms with Gasteiger partial charge in [-0.3, -0.25) is 19.7 Å². The monoisotopic (exact) mass is 461 g/mol. The van der Waals surface area contributed by atoms with Crippen LogP contribution in [0.2, 0.25) is 0 Å². The lowest BCUT2D eigenvalue weighted by Crippen LogP contribution is -2.35. The summed E-state index contributed by atoms with van der Waals surface area (Å²) < 4.78 is 0. The number of carbonyl (C=O) groups is 2. The van der Waals surface area contributed by atoms with Crippen molar-refractivity contribution in [3.63, 3.8) is 0 Å². The number of nitrogens with zero attached hydrogens (tertiary/aromatic N) is 3. The third-order valence-corrected chi connectivity index (χ3v) is 5.88. The fourth-order valence-electron chi connectivity index (χ4n) is 4.16. The normalized spacial score (nSPS) is 17.6. The predicted molar refractivity (Wildman–Crippen MR) is 126 cm³/mol. The maximum absolute atomic E-state index is 13.1. The molecule has 3 aromatic rings. The van der Waals surface area contributed by atoms with Gasteiger partial charge < -0.3 is 20.0 Å². The molecule has 1 atom stereocenters. The summed E-state index contributed by atoms with van der Waals surface area (Å²) in [5.41, 5.74) is -0.118. The lowest BCUT2D eigenvalue weighted by atomic mass is 9.93. The number of benzene rings is 3. The van der Waals surface area contributed by atoms with Crippen LogP contribution >= 0.6 is 0 Å². The molecule has 9 heteroatoms. The smallest absolute Gasteiger partial charge is 0.295 e. The van der Waals surface area contributed by atoms with Gasteiger partial charge in [0.25, 0.3) is 17.4 Å². The van der Waals surface area contributed by atoms with E-state index in [9.17, 15) is 29.9 Å². The molecule has 1 amide bonds. The third-order valence-electron chi connectivity index (χ3n) is 5.88. The highest BCUT2D eigenvalue weighted by molar-refractivity contribution is 6.46. The molecule has 1 saturated heterocycles. The average Bonchev–Trinajstić information content (AvgIpc) is 3.07. The van der Waals surface area contributed by atoms with Crippen LogP contribution in [0.3, 0.4) is 0 Å². The molecule has 1 unspecified atom stereocenters. The number of nitro groups is 1. The number of phenols is 1. The Kier molecular flexibility index (Phi) is 6.04. The molecule has 3 aromatic carbocycles. The van der Waals surface area contributed by atoms with E-state index in [0.717, 1.165) is 5.39 Å². The molecule has 0 bridgehead atoms. The Morgan fingerprint density at radius 3 is 2.53 bits per heavy atom. The lowest BCUT2D eigenvalue weighted by Gasteiger charge is -2.26. The van der Waals surface area contributed by atoms with Crippen molar-refractivity contribution in [2.45, 2.75) is 6.04 Å². The first-order valence-electron chi connectivity index (χ1n) is 10.6. The second-order valence-corrected chi connectivity index (χ2v) is 8.33. The summed E-state index contributed by atoms with van der Waals surface area (Å²) in [6, 6.07) is 14.8. The first-order valence-corrected chi connectivity index (χ1v) is 10.6. The number of nitro benzene ring substituents is 1. The summed E-state index contributed by atoms with van der Waals surface area (Å²) in [6.45, 7) is 0.588. The molecule has 0 aromatic heterocycles. The number of aromatic hydroxyl groups is 1. The van der Waals surface area contributed by atoms with Crippen LogP contribution in [0.15, 0.2) is 66.2 Å². The number of rotatable bonds is 6. The topological polar surface area (TPSA) is 124 Å². The first-order chi connectivity index (χ1) is 16.2. The highest BCUT2D eigenvalue weighted by atomic mass is 16.6. The summed E-state index contributed by atoms with van der Waals surface area (Å²) in [6.07, 6.45) is 0. The number of amides is 1. The van der Waals surface area contributed by atoms with Crippen LogP contribution in [-0.4, -0.2) is 63.8 Å². The highest BCUT2D eigenvalue weighted by Gasteiger charge is 2.46. The predicted octanol–water partition coefficient (Wildman–Crippen LogP) is 3.44. The molecule has 1 heterocycles. The third kappa shape index (κ3) is 3.97. The van der Waals surface area contributed by atoms with Gasteiger partial charge in [-0.05, 0) is 31.1 Å². The van der Waals surface area contributed by atoms with Gasteiger partial charge in [-0.15, -0.1) is 0 Å². The molecule has 0 radical (unpaired) electrons. The second-order valence-electron chi connectivity index (χ2n) is 8.33. The van der Waals surface area contributed by atoms with Crippen LogP contribution in [0.1, 0.15) is 17.2 Å². The zero-order chi connectivity index (χ0) is 24.6. The molecular weight excluding hydrogens is 438 g/mol. The van der Waals surface area contributed by atoms with Crippen molar-refractivity contribution in [3.05, 3.63) is 87.5 Å². The zero-order valence-electron chi connectivity index (χ0n) is 18.6.